The Morgan fingerprint density at radius 1 is 1.40 bits per heavy atom. The molecule has 1 fully saturated rings. The highest BCUT2D eigenvalue weighted by Crippen LogP contribution is 2.45. The Labute approximate surface area is 88.7 Å². The zero-order chi connectivity index (χ0) is 10.9. The molecule has 0 aromatic heterocycles. The van der Waals surface area contributed by atoms with E-state index in [1.54, 1.807) is 12.1 Å². The maximum atomic E-state index is 11.0. The number of nitrogens with one attached hydrogen (secondary N) is 1. The number of amides is 1. The standard InChI is InChI=1S/C12H12N2O/c1-9(15)14-12(6-7-12)11-4-2-10(8-13)3-5-11/h2-5H,6-7H2,1H3,(H,14,15). The fourth-order valence-electron chi connectivity index (χ4n) is 1.81. The van der Waals surface area contributed by atoms with Crippen LogP contribution in [-0.2, 0) is 10.3 Å². The van der Waals surface area contributed by atoms with E-state index in [9.17, 15) is 4.79 Å². The molecule has 76 valence electrons. The molecular formula is C12H12N2O. The van der Waals surface area contributed by atoms with Gasteiger partial charge in [0.05, 0.1) is 17.2 Å². The minimum Gasteiger partial charge on any atom is -0.347 e. The van der Waals surface area contributed by atoms with Crippen molar-refractivity contribution >= 4 is 5.91 Å². The van der Waals surface area contributed by atoms with Crippen molar-refractivity contribution < 1.29 is 4.79 Å². The summed E-state index contributed by atoms with van der Waals surface area (Å²) in [5.41, 5.74) is 1.59. The van der Waals surface area contributed by atoms with E-state index >= 15 is 0 Å². The number of hydrogen-bond donors (Lipinski definition) is 1. The first-order chi connectivity index (χ1) is 7.16. The fourth-order valence-corrected chi connectivity index (χ4v) is 1.81. The Hall–Kier alpha value is -1.82. The van der Waals surface area contributed by atoms with Crippen LogP contribution >= 0.6 is 0 Å². The Kier molecular flexibility index (Phi) is 2.20. The number of rotatable bonds is 2. The zero-order valence-electron chi connectivity index (χ0n) is 8.58. The number of carbonyl (C=O) groups excluding carboxylic acids is 1. The summed E-state index contributed by atoms with van der Waals surface area (Å²) in [4.78, 5) is 11.0. The minimum atomic E-state index is -0.153. The lowest BCUT2D eigenvalue weighted by atomic mass is 10.0. The minimum absolute atomic E-state index is 0.00291. The summed E-state index contributed by atoms with van der Waals surface area (Å²) in [6, 6.07) is 9.49. The van der Waals surface area contributed by atoms with Crippen molar-refractivity contribution in [2.75, 3.05) is 0 Å². The van der Waals surface area contributed by atoms with Crippen LogP contribution in [0.4, 0.5) is 0 Å². The van der Waals surface area contributed by atoms with Gasteiger partial charge in [0.1, 0.15) is 0 Å². The van der Waals surface area contributed by atoms with Crippen LogP contribution < -0.4 is 5.32 Å². The van der Waals surface area contributed by atoms with Crippen LogP contribution in [0.1, 0.15) is 30.9 Å². The van der Waals surface area contributed by atoms with Crippen LogP contribution in [0, 0.1) is 11.3 Å². The van der Waals surface area contributed by atoms with Gasteiger partial charge in [0, 0.05) is 6.92 Å². The lowest BCUT2D eigenvalue weighted by Crippen LogP contribution is -2.32. The Morgan fingerprint density at radius 3 is 2.40 bits per heavy atom. The molecule has 0 atom stereocenters. The molecule has 1 aliphatic carbocycles. The van der Waals surface area contributed by atoms with Crippen LogP contribution in [-0.4, -0.2) is 5.91 Å². The average Bonchev–Trinajstić information content (AvgIpc) is 2.98. The third-order valence-electron chi connectivity index (χ3n) is 2.73. The quantitative estimate of drug-likeness (QED) is 0.789. The molecule has 0 aliphatic heterocycles. The van der Waals surface area contributed by atoms with E-state index in [1.165, 1.54) is 6.92 Å². The summed E-state index contributed by atoms with van der Waals surface area (Å²) in [6.45, 7) is 1.53. The molecule has 1 amide bonds. The molecular weight excluding hydrogens is 188 g/mol. The van der Waals surface area contributed by atoms with Crippen molar-refractivity contribution in [3.05, 3.63) is 35.4 Å². The molecule has 0 radical (unpaired) electrons. The number of carbonyl (C=O) groups is 1. The van der Waals surface area contributed by atoms with E-state index in [-0.39, 0.29) is 11.4 Å². The first-order valence-corrected chi connectivity index (χ1v) is 4.96. The van der Waals surface area contributed by atoms with E-state index in [0.29, 0.717) is 5.56 Å². The van der Waals surface area contributed by atoms with Gasteiger partial charge in [-0.05, 0) is 30.5 Å². The Bertz CT molecular complexity index is 424. The summed E-state index contributed by atoms with van der Waals surface area (Å²) in [7, 11) is 0. The second-order valence-corrected chi connectivity index (χ2v) is 3.95. The smallest absolute Gasteiger partial charge is 0.217 e. The van der Waals surface area contributed by atoms with Gasteiger partial charge in [0.2, 0.25) is 5.91 Å². The predicted molar refractivity (Wildman–Crippen MR) is 55.9 cm³/mol. The third kappa shape index (κ3) is 1.84. The Balaban J connectivity index is 2.23. The third-order valence-corrected chi connectivity index (χ3v) is 2.73. The summed E-state index contributed by atoms with van der Waals surface area (Å²) in [5.74, 6) is -0.00291. The van der Waals surface area contributed by atoms with Crippen LogP contribution in [0.15, 0.2) is 24.3 Å². The zero-order valence-corrected chi connectivity index (χ0v) is 8.58. The topological polar surface area (TPSA) is 52.9 Å². The highest BCUT2D eigenvalue weighted by atomic mass is 16.1. The molecule has 0 unspecified atom stereocenters. The van der Waals surface area contributed by atoms with E-state index in [2.05, 4.69) is 11.4 Å². The summed E-state index contributed by atoms with van der Waals surface area (Å²) >= 11 is 0. The van der Waals surface area contributed by atoms with E-state index in [0.717, 1.165) is 18.4 Å². The largest absolute Gasteiger partial charge is 0.347 e. The monoisotopic (exact) mass is 200 g/mol. The van der Waals surface area contributed by atoms with Crippen molar-refractivity contribution in [2.45, 2.75) is 25.3 Å². The number of hydrogen-bond acceptors (Lipinski definition) is 2. The van der Waals surface area contributed by atoms with Crippen molar-refractivity contribution in [2.24, 2.45) is 0 Å². The molecule has 0 saturated heterocycles. The summed E-state index contributed by atoms with van der Waals surface area (Å²) < 4.78 is 0. The van der Waals surface area contributed by atoms with Crippen LogP contribution in [0.2, 0.25) is 0 Å². The second-order valence-electron chi connectivity index (χ2n) is 3.95. The van der Waals surface area contributed by atoms with Gasteiger partial charge in [-0.1, -0.05) is 12.1 Å². The lowest BCUT2D eigenvalue weighted by Gasteiger charge is -2.16. The molecule has 3 nitrogen and oxygen atoms in total. The summed E-state index contributed by atoms with van der Waals surface area (Å²) in [6.07, 6.45) is 1.97. The van der Waals surface area contributed by atoms with Gasteiger partial charge in [0.15, 0.2) is 0 Å². The predicted octanol–water partition coefficient (Wildman–Crippen LogP) is 1.68. The van der Waals surface area contributed by atoms with Gasteiger partial charge in [-0.3, -0.25) is 4.79 Å². The molecule has 1 saturated carbocycles. The SMILES string of the molecule is CC(=O)NC1(c2ccc(C#N)cc2)CC1. The fraction of sp³-hybridized carbons (Fsp3) is 0.333. The molecule has 0 heterocycles. The molecule has 1 aromatic rings. The first kappa shape index (κ1) is 9.72. The molecule has 0 bridgehead atoms. The maximum Gasteiger partial charge on any atom is 0.217 e. The maximum absolute atomic E-state index is 11.0. The van der Waals surface area contributed by atoms with Gasteiger partial charge in [-0.2, -0.15) is 5.26 Å². The van der Waals surface area contributed by atoms with E-state index in [4.69, 9.17) is 5.26 Å². The van der Waals surface area contributed by atoms with Crippen LogP contribution in [0.3, 0.4) is 0 Å². The molecule has 15 heavy (non-hydrogen) atoms. The number of nitriles is 1. The lowest BCUT2D eigenvalue weighted by molar-refractivity contribution is -0.120. The molecule has 2 rings (SSSR count). The molecule has 1 N–H and O–H groups in total. The van der Waals surface area contributed by atoms with Crippen LogP contribution in [0.5, 0.6) is 0 Å². The van der Waals surface area contributed by atoms with Crippen molar-refractivity contribution in [1.82, 2.24) is 5.32 Å². The highest BCUT2D eigenvalue weighted by molar-refractivity contribution is 5.74. The van der Waals surface area contributed by atoms with Crippen molar-refractivity contribution in [3.63, 3.8) is 0 Å². The summed E-state index contributed by atoms with van der Waals surface area (Å²) in [5, 5.41) is 11.6. The van der Waals surface area contributed by atoms with Crippen LogP contribution in [0.25, 0.3) is 0 Å². The van der Waals surface area contributed by atoms with Gasteiger partial charge in [-0.25, -0.2) is 0 Å². The van der Waals surface area contributed by atoms with Gasteiger partial charge in [0.25, 0.3) is 0 Å². The van der Waals surface area contributed by atoms with E-state index < -0.39 is 0 Å². The molecule has 1 aliphatic rings. The highest BCUT2D eigenvalue weighted by Gasteiger charge is 2.44. The second kappa shape index (κ2) is 3.39. The number of benzene rings is 1. The Morgan fingerprint density at radius 2 is 2.00 bits per heavy atom. The van der Waals surface area contributed by atoms with Crippen molar-refractivity contribution in [1.29, 1.82) is 5.26 Å². The molecule has 1 aromatic carbocycles. The first-order valence-electron chi connectivity index (χ1n) is 4.96. The van der Waals surface area contributed by atoms with E-state index in [1.807, 2.05) is 12.1 Å². The van der Waals surface area contributed by atoms with Gasteiger partial charge < -0.3 is 5.32 Å². The van der Waals surface area contributed by atoms with Crippen molar-refractivity contribution in [3.8, 4) is 6.07 Å². The molecule has 0 spiro atoms. The molecule has 3 heteroatoms. The average molecular weight is 200 g/mol. The normalized spacial score (nSPS) is 16.5. The number of nitrogens with zero attached hydrogens (tertiary/aromatic N) is 1. The van der Waals surface area contributed by atoms with Gasteiger partial charge >= 0.3 is 0 Å². The van der Waals surface area contributed by atoms with Gasteiger partial charge in [-0.15, -0.1) is 0 Å².